The predicted octanol–water partition coefficient (Wildman–Crippen LogP) is 3.09. The summed E-state index contributed by atoms with van der Waals surface area (Å²) in [5.41, 5.74) is 2.24. The van der Waals surface area contributed by atoms with Crippen LogP contribution in [0.2, 0.25) is 0 Å². The lowest BCUT2D eigenvalue weighted by Gasteiger charge is -2.08. The smallest absolute Gasteiger partial charge is 0.270 e. The topological polar surface area (TPSA) is 108 Å². The van der Waals surface area contributed by atoms with Crippen molar-refractivity contribution in [3.63, 3.8) is 0 Å². The molecule has 3 rings (SSSR count). The van der Waals surface area contributed by atoms with Crippen LogP contribution in [0.3, 0.4) is 0 Å². The Morgan fingerprint density at radius 1 is 1.29 bits per heavy atom. The van der Waals surface area contributed by atoms with E-state index in [9.17, 15) is 10.1 Å². The fourth-order valence-electron chi connectivity index (χ4n) is 2.02. The van der Waals surface area contributed by atoms with Gasteiger partial charge in [-0.15, -0.1) is 0 Å². The van der Waals surface area contributed by atoms with Crippen molar-refractivity contribution in [1.29, 1.82) is 5.26 Å². The summed E-state index contributed by atoms with van der Waals surface area (Å²) in [5, 5.41) is 30.7. The summed E-state index contributed by atoms with van der Waals surface area (Å²) in [5.74, 6) is 0. The molecule has 0 spiro atoms. The Morgan fingerprint density at radius 2 is 2.14 bits per heavy atom. The minimum Gasteiger partial charge on any atom is -0.354 e. The van der Waals surface area contributed by atoms with Gasteiger partial charge in [-0.1, -0.05) is 0 Å². The molecule has 0 radical (unpaired) electrons. The van der Waals surface area contributed by atoms with Crippen molar-refractivity contribution in [2.45, 2.75) is 0 Å². The van der Waals surface area contributed by atoms with E-state index in [1.54, 1.807) is 6.20 Å². The number of aromatic amines is 1. The van der Waals surface area contributed by atoms with Crippen molar-refractivity contribution >= 4 is 28.0 Å². The zero-order valence-corrected chi connectivity index (χ0v) is 10.7. The fraction of sp³-hybridized carbons (Fsp3) is 0. The zero-order valence-electron chi connectivity index (χ0n) is 10.7. The van der Waals surface area contributed by atoms with Crippen LogP contribution in [0.25, 0.3) is 10.9 Å². The number of non-ortho nitro benzene ring substituents is 1. The Balaban J connectivity index is 1.97. The second-order valence-corrected chi connectivity index (χ2v) is 4.40. The molecule has 0 unspecified atom stereocenters. The maximum absolute atomic E-state index is 10.7. The molecule has 1 heterocycles. The molecule has 7 heteroatoms. The number of aromatic nitrogens is 2. The van der Waals surface area contributed by atoms with Crippen molar-refractivity contribution in [2.75, 3.05) is 5.32 Å². The van der Waals surface area contributed by atoms with Gasteiger partial charge in [-0.25, -0.2) is 0 Å². The van der Waals surface area contributed by atoms with Gasteiger partial charge in [0.05, 0.1) is 27.9 Å². The van der Waals surface area contributed by atoms with Gasteiger partial charge < -0.3 is 5.32 Å². The molecule has 21 heavy (non-hydrogen) atoms. The Kier molecular flexibility index (Phi) is 2.97. The van der Waals surface area contributed by atoms with Gasteiger partial charge in [0.1, 0.15) is 6.07 Å². The van der Waals surface area contributed by atoms with E-state index in [-0.39, 0.29) is 11.3 Å². The number of hydrogen-bond acceptors (Lipinski definition) is 5. The molecular weight excluding hydrogens is 270 g/mol. The molecule has 0 saturated heterocycles. The van der Waals surface area contributed by atoms with E-state index >= 15 is 0 Å². The lowest BCUT2D eigenvalue weighted by molar-refractivity contribution is -0.384. The summed E-state index contributed by atoms with van der Waals surface area (Å²) < 4.78 is 0. The summed E-state index contributed by atoms with van der Waals surface area (Å²) in [6, 6.07) is 11.7. The molecule has 0 aliphatic rings. The number of benzene rings is 2. The highest BCUT2D eigenvalue weighted by atomic mass is 16.6. The average Bonchev–Trinajstić information content (AvgIpc) is 2.95. The summed E-state index contributed by atoms with van der Waals surface area (Å²) in [4.78, 5) is 10.2. The second kappa shape index (κ2) is 4.94. The number of nitro groups is 1. The molecule has 0 bridgehead atoms. The van der Waals surface area contributed by atoms with E-state index in [1.807, 2.05) is 24.3 Å². The summed E-state index contributed by atoms with van der Waals surface area (Å²) >= 11 is 0. The van der Waals surface area contributed by atoms with Crippen LogP contribution in [0.5, 0.6) is 0 Å². The third-order valence-electron chi connectivity index (χ3n) is 3.06. The van der Waals surface area contributed by atoms with Crippen molar-refractivity contribution in [3.05, 3.63) is 58.3 Å². The van der Waals surface area contributed by atoms with Gasteiger partial charge in [-0.05, 0) is 24.3 Å². The maximum Gasteiger partial charge on any atom is 0.270 e. The molecule has 3 aromatic rings. The minimum atomic E-state index is -0.527. The van der Waals surface area contributed by atoms with Crippen LogP contribution >= 0.6 is 0 Å². The van der Waals surface area contributed by atoms with Crippen molar-refractivity contribution in [2.24, 2.45) is 0 Å². The largest absolute Gasteiger partial charge is 0.354 e. The summed E-state index contributed by atoms with van der Waals surface area (Å²) in [7, 11) is 0. The first-order chi connectivity index (χ1) is 10.2. The van der Waals surface area contributed by atoms with E-state index < -0.39 is 4.92 Å². The molecule has 0 amide bonds. The second-order valence-electron chi connectivity index (χ2n) is 4.40. The van der Waals surface area contributed by atoms with Gasteiger partial charge >= 0.3 is 0 Å². The van der Waals surface area contributed by atoms with Crippen LogP contribution in [-0.2, 0) is 0 Å². The number of fused-ring (bicyclic) bond motifs is 1. The number of rotatable bonds is 3. The van der Waals surface area contributed by atoms with E-state index in [1.165, 1.54) is 18.2 Å². The summed E-state index contributed by atoms with van der Waals surface area (Å²) in [6.07, 6.45) is 1.71. The Labute approximate surface area is 119 Å². The van der Waals surface area contributed by atoms with Gasteiger partial charge in [-0.2, -0.15) is 10.4 Å². The maximum atomic E-state index is 10.7. The Morgan fingerprint density at radius 3 is 2.90 bits per heavy atom. The van der Waals surface area contributed by atoms with Crippen molar-refractivity contribution in [1.82, 2.24) is 10.2 Å². The molecule has 2 aromatic carbocycles. The molecule has 0 aliphatic heterocycles. The van der Waals surface area contributed by atoms with Crippen LogP contribution in [0, 0.1) is 21.4 Å². The standard InChI is InChI=1S/C14H9N5O2/c15-7-10-5-12(19(20)21)3-4-13(10)17-11-2-1-9-8-16-18-14(9)6-11/h1-6,8,17H,(H,16,18). The highest BCUT2D eigenvalue weighted by Gasteiger charge is 2.11. The van der Waals surface area contributed by atoms with Crippen LogP contribution in [0.1, 0.15) is 5.56 Å². The van der Waals surface area contributed by atoms with Gasteiger partial charge in [-0.3, -0.25) is 15.2 Å². The monoisotopic (exact) mass is 279 g/mol. The Bertz CT molecular complexity index is 878. The molecule has 7 nitrogen and oxygen atoms in total. The first-order valence-electron chi connectivity index (χ1n) is 6.06. The molecule has 0 fully saturated rings. The van der Waals surface area contributed by atoms with E-state index in [0.29, 0.717) is 5.69 Å². The third-order valence-corrected chi connectivity index (χ3v) is 3.06. The molecular formula is C14H9N5O2. The Hall–Kier alpha value is -3.40. The summed E-state index contributed by atoms with van der Waals surface area (Å²) in [6.45, 7) is 0. The molecule has 0 atom stereocenters. The number of nitrogens with zero attached hydrogens (tertiary/aromatic N) is 3. The highest BCUT2D eigenvalue weighted by Crippen LogP contribution is 2.26. The number of nitrogens with one attached hydrogen (secondary N) is 2. The first-order valence-corrected chi connectivity index (χ1v) is 6.06. The first kappa shape index (κ1) is 12.6. The quantitative estimate of drug-likeness (QED) is 0.565. The van der Waals surface area contributed by atoms with E-state index in [2.05, 4.69) is 15.5 Å². The lowest BCUT2D eigenvalue weighted by Crippen LogP contribution is -1.95. The van der Waals surface area contributed by atoms with Crippen LogP contribution < -0.4 is 5.32 Å². The molecule has 102 valence electrons. The SMILES string of the molecule is N#Cc1cc([N+](=O)[O-])ccc1Nc1ccc2cn[nH]c2c1. The van der Waals surface area contributed by atoms with Gasteiger partial charge in [0.15, 0.2) is 0 Å². The lowest BCUT2D eigenvalue weighted by atomic mass is 10.1. The third kappa shape index (κ3) is 2.37. The normalized spacial score (nSPS) is 10.2. The van der Waals surface area contributed by atoms with E-state index in [4.69, 9.17) is 5.26 Å². The number of anilines is 2. The number of nitro benzene ring substituents is 1. The molecule has 0 saturated carbocycles. The van der Waals surface area contributed by atoms with Crippen LogP contribution in [-0.4, -0.2) is 15.1 Å². The van der Waals surface area contributed by atoms with E-state index in [0.717, 1.165) is 16.6 Å². The van der Waals surface area contributed by atoms with Crippen LogP contribution in [0.4, 0.5) is 17.1 Å². The number of hydrogen-bond donors (Lipinski definition) is 2. The highest BCUT2D eigenvalue weighted by molar-refractivity contribution is 5.83. The van der Waals surface area contributed by atoms with Crippen molar-refractivity contribution in [3.8, 4) is 6.07 Å². The van der Waals surface area contributed by atoms with Gasteiger partial charge in [0, 0.05) is 23.2 Å². The number of nitriles is 1. The van der Waals surface area contributed by atoms with Crippen LogP contribution in [0.15, 0.2) is 42.6 Å². The van der Waals surface area contributed by atoms with Gasteiger partial charge in [0.2, 0.25) is 0 Å². The minimum absolute atomic E-state index is 0.110. The number of H-pyrrole nitrogens is 1. The molecule has 2 N–H and O–H groups in total. The van der Waals surface area contributed by atoms with Gasteiger partial charge in [0.25, 0.3) is 5.69 Å². The predicted molar refractivity (Wildman–Crippen MR) is 77.2 cm³/mol. The molecule has 0 aliphatic carbocycles. The van der Waals surface area contributed by atoms with Crippen molar-refractivity contribution < 1.29 is 4.92 Å². The fourth-order valence-corrected chi connectivity index (χ4v) is 2.02. The molecule has 1 aromatic heterocycles. The zero-order chi connectivity index (χ0) is 14.8. The average molecular weight is 279 g/mol.